The predicted molar refractivity (Wildman–Crippen MR) is 90.3 cm³/mol. The molecule has 2 N–H and O–H groups in total. The van der Waals surface area contributed by atoms with Crippen LogP contribution < -0.4 is 5.32 Å². The van der Waals surface area contributed by atoms with Crippen LogP contribution in [0.5, 0.6) is 5.75 Å². The van der Waals surface area contributed by atoms with Gasteiger partial charge in [-0.25, -0.2) is 4.39 Å². The Hall–Kier alpha value is -2.40. The maximum Gasteiger partial charge on any atom is 0.255 e. The number of halogens is 1. The van der Waals surface area contributed by atoms with Gasteiger partial charge >= 0.3 is 0 Å². The number of aromatic hydroxyl groups is 1. The first-order chi connectivity index (χ1) is 11.6. The molecule has 1 amide bonds. The van der Waals surface area contributed by atoms with E-state index in [1.54, 1.807) is 0 Å². The number of nitrogens with one attached hydrogen (secondary N) is 1. The zero-order valence-corrected chi connectivity index (χ0v) is 13.4. The number of carbonyl (C=O) groups excluding carboxylic acids is 1. The number of phenolic OH excluding ortho intramolecular Hbond substituents is 1. The average molecular weight is 328 g/mol. The van der Waals surface area contributed by atoms with Gasteiger partial charge in [-0.2, -0.15) is 0 Å². The van der Waals surface area contributed by atoms with Crippen LogP contribution in [-0.4, -0.2) is 35.0 Å². The number of phenols is 1. The Morgan fingerprint density at radius 3 is 2.83 bits per heavy atom. The fourth-order valence-corrected chi connectivity index (χ4v) is 3.11. The number of amides is 1. The molecule has 2 aromatic rings. The molecule has 0 aliphatic carbocycles. The van der Waals surface area contributed by atoms with Gasteiger partial charge in [-0.3, -0.25) is 9.69 Å². The first kappa shape index (κ1) is 16.5. The summed E-state index contributed by atoms with van der Waals surface area (Å²) in [6.07, 6.45) is 1.88. The van der Waals surface area contributed by atoms with Gasteiger partial charge in [0.25, 0.3) is 5.91 Å². The maximum atomic E-state index is 13.3. The van der Waals surface area contributed by atoms with Gasteiger partial charge in [0, 0.05) is 19.1 Å². The molecule has 0 saturated carbocycles. The lowest BCUT2D eigenvalue weighted by Crippen LogP contribution is -2.47. The van der Waals surface area contributed by atoms with Crippen molar-refractivity contribution in [2.24, 2.45) is 0 Å². The number of piperidine rings is 1. The molecule has 4 nitrogen and oxygen atoms in total. The number of hydrogen-bond acceptors (Lipinski definition) is 3. The van der Waals surface area contributed by atoms with Crippen molar-refractivity contribution in [2.45, 2.75) is 25.4 Å². The summed E-state index contributed by atoms with van der Waals surface area (Å²) in [5.41, 5.74) is 1.22. The average Bonchev–Trinajstić information content (AvgIpc) is 2.58. The van der Waals surface area contributed by atoms with Crippen LogP contribution in [0.1, 0.15) is 28.8 Å². The van der Waals surface area contributed by atoms with Gasteiger partial charge in [0.15, 0.2) is 0 Å². The molecule has 1 atom stereocenters. The summed E-state index contributed by atoms with van der Waals surface area (Å²) in [5.74, 6) is -1.17. The summed E-state index contributed by atoms with van der Waals surface area (Å²) in [6.45, 7) is 2.58. The van der Waals surface area contributed by atoms with Gasteiger partial charge < -0.3 is 10.4 Å². The van der Waals surface area contributed by atoms with Crippen LogP contribution in [0.15, 0.2) is 48.5 Å². The van der Waals surface area contributed by atoms with E-state index in [2.05, 4.69) is 22.3 Å². The zero-order chi connectivity index (χ0) is 16.9. The van der Waals surface area contributed by atoms with E-state index in [1.807, 2.05) is 18.2 Å². The van der Waals surface area contributed by atoms with Crippen molar-refractivity contribution in [1.82, 2.24) is 10.2 Å². The minimum atomic E-state index is -0.535. The number of benzene rings is 2. The predicted octanol–water partition coefficient (Wildman–Crippen LogP) is 2.93. The third-order valence-corrected chi connectivity index (χ3v) is 4.29. The second-order valence-electron chi connectivity index (χ2n) is 6.19. The Morgan fingerprint density at radius 2 is 2.04 bits per heavy atom. The van der Waals surface area contributed by atoms with Crippen molar-refractivity contribution < 1.29 is 14.3 Å². The monoisotopic (exact) mass is 328 g/mol. The van der Waals surface area contributed by atoms with Gasteiger partial charge in [-0.05, 0) is 43.1 Å². The van der Waals surface area contributed by atoms with Crippen LogP contribution in [-0.2, 0) is 6.54 Å². The van der Waals surface area contributed by atoms with Crippen molar-refractivity contribution in [1.29, 1.82) is 0 Å². The molecule has 1 fully saturated rings. The fourth-order valence-electron chi connectivity index (χ4n) is 3.11. The van der Waals surface area contributed by atoms with Gasteiger partial charge in [-0.1, -0.05) is 30.3 Å². The second kappa shape index (κ2) is 7.45. The minimum Gasteiger partial charge on any atom is -0.507 e. The van der Waals surface area contributed by atoms with E-state index in [9.17, 15) is 14.3 Å². The molecule has 0 bridgehead atoms. The largest absolute Gasteiger partial charge is 0.507 e. The van der Waals surface area contributed by atoms with Gasteiger partial charge in [0.05, 0.1) is 5.56 Å². The molecule has 3 rings (SSSR count). The minimum absolute atomic E-state index is 0.00219. The Balaban J connectivity index is 1.61. The molecule has 24 heavy (non-hydrogen) atoms. The van der Waals surface area contributed by atoms with E-state index in [4.69, 9.17) is 0 Å². The molecule has 126 valence electrons. The van der Waals surface area contributed by atoms with Gasteiger partial charge in [0.2, 0.25) is 0 Å². The smallest absolute Gasteiger partial charge is 0.255 e. The highest BCUT2D eigenvalue weighted by Crippen LogP contribution is 2.19. The molecule has 0 aromatic heterocycles. The van der Waals surface area contributed by atoms with Crippen LogP contribution in [0, 0.1) is 5.82 Å². The Labute approximate surface area is 140 Å². The van der Waals surface area contributed by atoms with E-state index < -0.39 is 11.7 Å². The molecule has 2 aromatic carbocycles. The molecule has 0 spiro atoms. The Kier molecular flexibility index (Phi) is 5.11. The molecular formula is C19H21FN2O2. The van der Waals surface area contributed by atoms with Crippen molar-refractivity contribution >= 4 is 5.91 Å². The zero-order valence-electron chi connectivity index (χ0n) is 13.4. The SMILES string of the molecule is O=C(N[C@H]1CCCN(Cc2ccccc2)C1)c1cc(F)ccc1O. The summed E-state index contributed by atoms with van der Waals surface area (Å²) in [4.78, 5) is 14.6. The molecule has 1 heterocycles. The third kappa shape index (κ3) is 4.11. The maximum absolute atomic E-state index is 13.3. The third-order valence-electron chi connectivity index (χ3n) is 4.29. The molecule has 1 aliphatic rings. The molecule has 5 heteroatoms. The van der Waals surface area contributed by atoms with Crippen molar-refractivity contribution in [2.75, 3.05) is 13.1 Å². The molecular weight excluding hydrogens is 307 g/mol. The van der Waals surface area contributed by atoms with Crippen molar-refractivity contribution in [3.8, 4) is 5.75 Å². The van der Waals surface area contributed by atoms with Crippen LogP contribution in [0.3, 0.4) is 0 Å². The first-order valence-electron chi connectivity index (χ1n) is 8.17. The van der Waals surface area contributed by atoms with Crippen molar-refractivity contribution in [3.05, 3.63) is 65.5 Å². The van der Waals surface area contributed by atoms with E-state index in [1.165, 1.54) is 11.6 Å². The number of rotatable bonds is 4. The lowest BCUT2D eigenvalue weighted by atomic mass is 10.0. The normalized spacial score (nSPS) is 18.3. The highest BCUT2D eigenvalue weighted by Gasteiger charge is 2.23. The summed E-state index contributed by atoms with van der Waals surface area (Å²) in [5, 5.41) is 12.7. The van der Waals surface area contributed by atoms with E-state index in [0.717, 1.165) is 44.6 Å². The standard InChI is InChI=1S/C19H21FN2O2/c20-15-8-9-18(23)17(11-15)19(24)21-16-7-4-10-22(13-16)12-14-5-2-1-3-6-14/h1-3,5-6,8-9,11,16,23H,4,7,10,12-13H2,(H,21,24)/t16-/m0/s1. The van der Waals surface area contributed by atoms with Crippen LogP contribution >= 0.6 is 0 Å². The van der Waals surface area contributed by atoms with Gasteiger partial charge in [-0.15, -0.1) is 0 Å². The van der Waals surface area contributed by atoms with Crippen LogP contribution in [0.4, 0.5) is 4.39 Å². The summed E-state index contributed by atoms with van der Waals surface area (Å²) in [6, 6.07) is 13.6. The van der Waals surface area contributed by atoms with Crippen LogP contribution in [0.2, 0.25) is 0 Å². The molecule has 0 radical (unpaired) electrons. The summed E-state index contributed by atoms with van der Waals surface area (Å²) < 4.78 is 13.3. The highest BCUT2D eigenvalue weighted by molar-refractivity contribution is 5.97. The quantitative estimate of drug-likeness (QED) is 0.907. The van der Waals surface area contributed by atoms with Crippen molar-refractivity contribution in [3.63, 3.8) is 0 Å². The fraction of sp³-hybridized carbons (Fsp3) is 0.316. The Bertz CT molecular complexity index is 706. The number of nitrogens with zero attached hydrogens (tertiary/aromatic N) is 1. The lowest BCUT2D eigenvalue weighted by Gasteiger charge is -2.33. The number of likely N-dealkylation sites (tertiary alicyclic amines) is 1. The van der Waals surface area contributed by atoms with Crippen LogP contribution in [0.25, 0.3) is 0 Å². The van der Waals surface area contributed by atoms with Gasteiger partial charge in [0.1, 0.15) is 11.6 Å². The van der Waals surface area contributed by atoms with E-state index in [-0.39, 0.29) is 17.4 Å². The summed E-state index contributed by atoms with van der Waals surface area (Å²) >= 11 is 0. The Morgan fingerprint density at radius 1 is 1.25 bits per heavy atom. The molecule has 1 aliphatic heterocycles. The van der Waals surface area contributed by atoms with E-state index >= 15 is 0 Å². The number of carbonyl (C=O) groups is 1. The second-order valence-corrected chi connectivity index (χ2v) is 6.19. The number of hydrogen-bond donors (Lipinski definition) is 2. The van der Waals surface area contributed by atoms with E-state index in [0.29, 0.717) is 0 Å². The highest BCUT2D eigenvalue weighted by atomic mass is 19.1. The lowest BCUT2D eigenvalue weighted by molar-refractivity contribution is 0.0897. The molecule has 0 unspecified atom stereocenters. The summed E-state index contributed by atoms with van der Waals surface area (Å²) in [7, 11) is 0. The molecule has 1 saturated heterocycles. The first-order valence-corrected chi connectivity index (χ1v) is 8.17. The topological polar surface area (TPSA) is 52.6 Å².